The summed E-state index contributed by atoms with van der Waals surface area (Å²) >= 11 is 0. The van der Waals surface area contributed by atoms with Crippen LogP contribution in [0.25, 0.3) is 0 Å². The number of rotatable bonds is 3. The first-order valence-corrected chi connectivity index (χ1v) is 10.5. The molecule has 0 aromatic heterocycles. The van der Waals surface area contributed by atoms with Gasteiger partial charge < -0.3 is 9.67 Å². The monoisotopic (exact) mass is 306 g/mol. The normalized spacial score (nSPS) is 22.3. The Labute approximate surface area is 128 Å². The largest absolute Gasteiger partial charge is 0.507 e. The third kappa shape index (κ3) is 2.93. The van der Waals surface area contributed by atoms with Crippen LogP contribution in [0.5, 0.6) is 5.75 Å². The van der Waals surface area contributed by atoms with Gasteiger partial charge in [-0.3, -0.25) is 0 Å². The number of para-hydroxylation sites is 1. The lowest BCUT2D eigenvalue weighted by molar-refractivity contribution is 0.449. The van der Waals surface area contributed by atoms with Crippen LogP contribution in [0.2, 0.25) is 0 Å². The summed E-state index contributed by atoms with van der Waals surface area (Å²) < 4.78 is 14.2. The molecule has 116 valence electrons. The van der Waals surface area contributed by atoms with Gasteiger partial charge >= 0.3 is 0 Å². The van der Waals surface area contributed by atoms with E-state index in [0.717, 1.165) is 31.0 Å². The summed E-state index contributed by atoms with van der Waals surface area (Å²) in [7, 11) is -2.51. The number of aromatic hydroxyl groups is 1. The number of hydrogen-bond acceptors (Lipinski definition) is 2. The topological polar surface area (TPSA) is 37.3 Å². The molecule has 0 bridgehead atoms. The molecule has 1 aromatic carbocycles. The van der Waals surface area contributed by atoms with Crippen LogP contribution in [0.3, 0.4) is 0 Å². The SMILES string of the molecule is O=P(c1ccccc1O)(C1CCCCC1)C1CCCCC1. The van der Waals surface area contributed by atoms with Crippen molar-refractivity contribution in [3.05, 3.63) is 24.3 Å². The van der Waals surface area contributed by atoms with Crippen LogP contribution in [0.15, 0.2) is 24.3 Å². The smallest absolute Gasteiger partial charge is 0.126 e. The van der Waals surface area contributed by atoms with Gasteiger partial charge in [0, 0.05) is 11.3 Å². The predicted molar refractivity (Wildman–Crippen MR) is 89.1 cm³/mol. The standard InChI is InChI=1S/C18H27O2P/c19-17-13-7-8-14-18(17)21(20,15-9-3-1-4-10-15)16-11-5-2-6-12-16/h7-8,13-16,19H,1-6,9-12H2. The Bertz CT molecular complexity index is 492. The Balaban J connectivity index is 2.01. The van der Waals surface area contributed by atoms with Crippen LogP contribution in [0.1, 0.15) is 64.2 Å². The van der Waals surface area contributed by atoms with E-state index in [9.17, 15) is 9.67 Å². The fourth-order valence-corrected chi connectivity index (χ4v) is 8.78. The average Bonchev–Trinajstić information content (AvgIpc) is 2.56. The molecular formula is C18H27O2P. The summed E-state index contributed by atoms with van der Waals surface area (Å²) in [5.41, 5.74) is 0.616. The molecule has 2 fully saturated rings. The molecule has 0 atom stereocenters. The molecule has 0 spiro atoms. The second-order valence-corrected chi connectivity index (χ2v) is 10.1. The van der Waals surface area contributed by atoms with Gasteiger partial charge in [0.05, 0.1) is 5.30 Å². The summed E-state index contributed by atoms with van der Waals surface area (Å²) in [5.74, 6) is 0.261. The molecule has 21 heavy (non-hydrogen) atoms. The summed E-state index contributed by atoms with van der Waals surface area (Å²) in [5, 5.41) is 11.1. The molecule has 0 radical (unpaired) electrons. The minimum Gasteiger partial charge on any atom is -0.507 e. The van der Waals surface area contributed by atoms with Crippen molar-refractivity contribution in [2.45, 2.75) is 75.5 Å². The first kappa shape index (κ1) is 15.2. The Hall–Kier alpha value is -0.750. The Morgan fingerprint density at radius 2 is 1.29 bits per heavy atom. The van der Waals surface area contributed by atoms with Crippen molar-refractivity contribution >= 4 is 12.4 Å². The van der Waals surface area contributed by atoms with E-state index in [1.54, 1.807) is 6.07 Å². The van der Waals surface area contributed by atoms with Crippen LogP contribution in [0.4, 0.5) is 0 Å². The summed E-state index contributed by atoms with van der Waals surface area (Å²) in [4.78, 5) is 0. The maximum atomic E-state index is 14.2. The van der Waals surface area contributed by atoms with Crippen LogP contribution < -0.4 is 5.30 Å². The van der Waals surface area contributed by atoms with Gasteiger partial charge in [0.2, 0.25) is 0 Å². The van der Waals surface area contributed by atoms with Crippen molar-refractivity contribution < 1.29 is 9.67 Å². The lowest BCUT2D eigenvalue weighted by Gasteiger charge is -2.38. The first-order chi connectivity index (χ1) is 10.2. The van der Waals surface area contributed by atoms with Crippen LogP contribution in [-0.4, -0.2) is 16.4 Å². The van der Waals surface area contributed by atoms with Gasteiger partial charge in [0.25, 0.3) is 0 Å². The maximum Gasteiger partial charge on any atom is 0.126 e. The van der Waals surface area contributed by atoms with Crippen molar-refractivity contribution in [1.29, 1.82) is 0 Å². The van der Waals surface area contributed by atoms with Crippen LogP contribution >= 0.6 is 7.14 Å². The van der Waals surface area contributed by atoms with Crippen molar-refractivity contribution in [3.63, 3.8) is 0 Å². The summed E-state index contributed by atoms with van der Waals surface area (Å²) in [6, 6.07) is 7.42. The van der Waals surface area contributed by atoms with Gasteiger partial charge in [-0.2, -0.15) is 0 Å². The lowest BCUT2D eigenvalue weighted by Crippen LogP contribution is -2.29. The molecule has 1 aromatic rings. The quantitative estimate of drug-likeness (QED) is 0.794. The zero-order chi connectivity index (χ0) is 14.7. The van der Waals surface area contributed by atoms with Crippen molar-refractivity contribution in [1.82, 2.24) is 0 Å². The van der Waals surface area contributed by atoms with Crippen molar-refractivity contribution in [2.24, 2.45) is 0 Å². The van der Waals surface area contributed by atoms with E-state index in [2.05, 4.69) is 0 Å². The Morgan fingerprint density at radius 1 is 0.810 bits per heavy atom. The van der Waals surface area contributed by atoms with E-state index < -0.39 is 7.14 Å². The zero-order valence-corrected chi connectivity index (χ0v) is 13.7. The third-order valence-electron chi connectivity index (χ3n) is 5.49. The predicted octanol–water partition coefficient (Wildman–Crippen LogP) is 5.05. The first-order valence-electron chi connectivity index (χ1n) is 8.61. The molecule has 0 heterocycles. The number of hydrogen-bond donors (Lipinski definition) is 1. The highest BCUT2D eigenvalue weighted by Crippen LogP contribution is 2.62. The molecule has 2 saturated carbocycles. The second kappa shape index (κ2) is 6.57. The summed E-state index contributed by atoms with van der Waals surface area (Å²) in [6.07, 6.45) is 11.7. The molecule has 2 aliphatic rings. The number of phenols is 1. The lowest BCUT2D eigenvalue weighted by atomic mass is 9.99. The molecule has 0 unspecified atom stereocenters. The highest BCUT2D eigenvalue weighted by Gasteiger charge is 2.43. The Kier molecular flexibility index (Phi) is 4.74. The third-order valence-corrected chi connectivity index (χ3v) is 9.83. The van der Waals surface area contributed by atoms with E-state index in [4.69, 9.17) is 0 Å². The summed E-state index contributed by atoms with van der Waals surface area (Å²) in [6.45, 7) is 0. The van der Waals surface area contributed by atoms with Crippen LogP contribution in [-0.2, 0) is 4.57 Å². The molecule has 0 aliphatic heterocycles. The van der Waals surface area contributed by atoms with Gasteiger partial charge in [0.1, 0.15) is 12.9 Å². The Morgan fingerprint density at radius 3 is 1.76 bits per heavy atom. The number of benzene rings is 1. The fraction of sp³-hybridized carbons (Fsp3) is 0.667. The zero-order valence-electron chi connectivity index (χ0n) is 12.8. The fourth-order valence-electron chi connectivity index (χ4n) is 4.38. The molecule has 3 heteroatoms. The average molecular weight is 306 g/mol. The molecular weight excluding hydrogens is 279 g/mol. The van der Waals surface area contributed by atoms with Crippen LogP contribution in [0, 0.1) is 0 Å². The molecule has 2 nitrogen and oxygen atoms in total. The van der Waals surface area contributed by atoms with Gasteiger partial charge in [-0.15, -0.1) is 0 Å². The van der Waals surface area contributed by atoms with E-state index in [1.165, 1.54) is 38.5 Å². The van der Waals surface area contributed by atoms with E-state index in [0.29, 0.717) is 11.3 Å². The molecule has 3 rings (SSSR count). The van der Waals surface area contributed by atoms with Crippen molar-refractivity contribution in [2.75, 3.05) is 0 Å². The molecule has 0 saturated heterocycles. The highest BCUT2D eigenvalue weighted by molar-refractivity contribution is 7.73. The van der Waals surface area contributed by atoms with Gasteiger partial charge in [-0.25, -0.2) is 0 Å². The minimum atomic E-state index is -2.51. The second-order valence-electron chi connectivity index (χ2n) is 6.78. The van der Waals surface area contributed by atoms with Gasteiger partial charge in [0.15, 0.2) is 0 Å². The van der Waals surface area contributed by atoms with E-state index >= 15 is 0 Å². The maximum absolute atomic E-state index is 14.2. The van der Waals surface area contributed by atoms with Crippen molar-refractivity contribution in [3.8, 4) is 5.75 Å². The number of phenolic OH excluding ortho intramolecular Hbond substituents is 1. The van der Waals surface area contributed by atoms with Gasteiger partial charge in [-0.1, -0.05) is 50.7 Å². The van der Waals surface area contributed by atoms with Gasteiger partial charge in [-0.05, 0) is 37.8 Å². The minimum absolute atomic E-state index is 0.261. The van der Waals surface area contributed by atoms with E-state index in [-0.39, 0.29) is 5.75 Å². The molecule has 2 aliphatic carbocycles. The molecule has 0 amide bonds. The highest BCUT2D eigenvalue weighted by atomic mass is 31.2. The molecule has 1 N–H and O–H groups in total. The van der Waals surface area contributed by atoms with E-state index in [1.807, 2.05) is 18.2 Å².